The van der Waals surface area contributed by atoms with Gasteiger partial charge in [0.1, 0.15) is 18.5 Å². The molecule has 2 aliphatic rings. The van der Waals surface area contributed by atoms with Crippen LogP contribution in [-0.2, 0) is 14.8 Å². The van der Waals surface area contributed by atoms with E-state index < -0.39 is 22.0 Å². The van der Waals surface area contributed by atoms with Gasteiger partial charge in [0.15, 0.2) is 17.6 Å². The van der Waals surface area contributed by atoms with Crippen molar-refractivity contribution in [3.05, 3.63) is 48.5 Å². The molecule has 0 unspecified atom stereocenters. The van der Waals surface area contributed by atoms with E-state index in [0.717, 1.165) is 0 Å². The van der Waals surface area contributed by atoms with Gasteiger partial charge in [-0.15, -0.1) is 0 Å². The molecule has 29 heavy (non-hydrogen) atoms. The van der Waals surface area contributed by atoms with Gasteiger partial charge in [0, 0.05) is 0 Å². The van der Waals surface area contributed by atoms with E-state index in [4.69, 9.17) is 14.2 Å². The highest BCUT2D eigenvalue weighted by atomic mass is 32.2. The molecule has 0 fully saturated rings. The molecule has 1 N–H and O–H groups in total. The number of sulfonamides is 1. The number of fused-ring (bicyclic) bond motifs is 2. The Balaban J connectivity index is 1.43. The Labute approximate surface area is 169 Å². The van der Waals surface area contributed by atoms with Crippen LogP contribution >= 0.6 is 0 Å². The Bertz CT molecular complexity index is 1010. The summed E-state index contributed by atoms with van der Waals surface area (Å²) in [4.78, 5) is 12.7. The second-order valence-corrected chi connectivity index (χ2v) is 8.93. The number of benzene rings is 2. The van der Waals surface area contributed by atoms with Crippen LogP contribution < -0.4 is 23.8 Å². The SMILES string of the molecule is CCS(=O)(=O)N1C[C@@H](C(=O)NC[C@@H]2COc3ccccc3O2)Oc2ccccc21. The number of ether oxygens (including phenoxy) is 3. The first kappa shape index (κ1) is 19.4. The van der Waals surface area contributed by atoms with Crippen LogP contribution in [0.5, 0.6) is 17.2 Å². The number of anilines is 1. The molecule has 0 bridgehead atoms. The maximum atomic E-state index is 12.7. The standard InChI is InChI=1S/C20H22N2O6S/c1-2-29(24,25)22-12-19(28-16-8-4-3-7-15(16)22)20(23)21-11-14-13-26-17-9-5-6-10-18(17)27-14/h3-10,14,19H,2,11-13H2,1H3,(H,21,23)/t14-,19+/m1/s1. The van der Waals surface area contributed by atoms with Gasteiger partial charge in [-0.1, -0.05) is 24.3 Å². The highest BCUT2D eigenvalue weighted by Crippen LogP contribution is 2.35. The lowest BCUT2D eigenvalue weighted by Gasteiger charge is -2.34. The van der Waals surface area contributed by atoms with Gasteiger partial charge >= 0.3 is 0 Å². The van der Waals surface area contributed by atoms with Gasteiger partial charge in [0.25, 0.3) is 5.91 Å². The fraction of sp³-hybridized carbons (Fsp3) is 0.350. The molecule has 4 rings (SSSR count). The molecule has 1 amide bonds. The van der Waals surface area contributed by atoms with E-state index in [9.17, 15) is 13.2 Å². The van der Waals surface area contributed by atoms with E-state index in [1.54, 1.807) is 37.3 Å². The summed E-state index contributed by atoms with van der Waals surface area (Å²) in [5.74, 6) is 1.19. The molecule has 0 saturated carbocycles. The molecular formula is C20H22N2O6S. The number of hydrogen-bond donors (Lipinski definition) is 1. The monoisotopic (exact) mass is 418 g/mol. The fourth-order valence-electron chi connectivity index (χ4n) is 3.25. The maximum Gasteiger partial charge on any atom is 0.263 e. The van der Waals surface area contributed by atoms with Crippen molar-refractivity contribution in [3.8, 4) is 17.2 Å². The minimum absolute atomic E-state index is 0.0671. The van der Waals surface area contributed by atoms with Gasteiger partial charge in [-0.25, -0.2) is 8.42 Å². The van der Waals surface area contributed by atoms with E-state index in [2.05, 4.69) is 5.32 Å². The Hall–Kier alpha value is -2.94. The average Bonchev–Trinajstić information content (AvgIpc) is 2.76. The number of nitrogens with one attached hydrogen (secondary N) is 1. The van der Waals surface area contributed by atoms with E-state index in [1.807, 2.05) is 18.2 Å². The van der Waals surface area contributed by atoms with Gasteiger partial charge in [-0.2, -0.15) is 0 Å². The van der Waals surface area contributed by atoms with Crippen molar-refractivity contribution in [2.24, 2.45) is 0 Å². The minimum atomic E-state index is -3.54. The summed E-state index contributed by atoms with van der Waals surface area (Å²) in [5, 5.41) is 2.78. The molecule has 2 atom stereocenters. The van der Waals surface area contributed by atoms with Crippen molar-refractivity contribution in [3.63, 3.8) is 0 Å². The highest BCUT2D eigenvalue weighted by Gasteiger charge is 2.36. The molecule has 0 spiro atoms. The van der Waals surface area contributed by atoms with E-state index in [-0.39, 0.29) is 24.9 Å². The topological polar surface area (TPSA) is 94.2 Å². The molecule has 2 heterocycles. The van der Waals surface area contributed by atoms with Crippen LogP contribution in [0.15, 0.2) is 48.5 Å². The Morgan fingerprint density at radius 1 is 1.07 bits per heavy atom. The van der Waals surface area contributed by atoms with Gasteiger partial charge in [-0.3, -0.25) is 9.10 Å². The van der Waals surface area contributed by atoms with Crippen LogP contribution in [0.3, 0.4) is 0 Å². The van der Waals surface area contributed by atoms with E-state index in [0.29, 0.717) is 29.5 Å². The van der Waals surface area contributed by atoms with Crippen molar-refractivity contribution in [2.45, 2.75) is 19.1 Å². The zero-order chi connectivity index (χ0) is 20.4. The number of hydrogen-bond acceptors (Lipinski definition) is 6. The quantitative estimate of drug-likeness (QED) is 0.792. The number of amides is 1. The van der Waals surface area contributed by atoms with Crippen molar-refractivity contribution in [1.29, 1.82) is 0 Å². The predicted octanol–water partition coefficient (Wildman–Crippen LogP) is 1.56. The molecule has 154 valence electrons. The number of para-hydroxylation sites is 4. The molecule has 0 aromatic heterocycles. The highest BCUT2D eigenvalue weighted by molar-refractivity contribution is 7.92. The molecule has 0 saturated heterocycles. The summed E-state index contributed by atoms with van der Waals surface area (Å²) >= 11 is 0. The summed E-state index contributed by atoms with van der Waals surface area (Å²) < 4.78 is 43.5. The Morgan fingerprint density at radius 2 is 1.76 bits per heavy atom. The zero-order valence-corrected chi connectivity index (χ0v) is 16.7. The minimum Gasteiger partial charge on any atom is -0.486 e. The lowest BCUT2D eigenvalue weighted by atomic mass is 10.2. The Kier molecular flexibility index (Phi) is 5.23. The smallest absolute Gasteiger partial charge is 0.263 e. The van der Waals surface area contributed by atoms with Gasteiger partial charge < -0.3 is 19.5 Å². The van der Waals surface area contributed by atoms with Gasteiger partial charge in [0.2, 0.25) is 10.0 Å². The van der Waals surface area contributed by atoms with Gasteiger partial charge in [0.05, 0.1) is 24.5 Å². The normalized spacial score (nSPS) is 20.4. The summed E-state index contributed by atoms with van der Waals surface area (Å²) in [5.41, 5.74) is 0.444. The van der Waals surface area contributed by atoms with Crippen molar-refractivity contribution < 1.29 is 27.4 Å². The number of rotatable bonds is 5. The number of carbonyl (C=O) groups is 1. The maximum absolute atomic E-state index is 12.7. The number of carbonyl (C=O) groups excluding carboxylic acids is 1. The largest absolute Gasteiger partial charge is 0.486 e. The van der Waals surface area contributed by atoms with Crippen LogP contribution in [-0.4, -0.2) is 52.0 Å². The second kappa shape index (κ2) is 7.82. The lowest BCUT2D eigenvalue weighted by molar-refractivity contribution is -0.128. The molecular weight excluding hydrogens is 396 g/mol. The zero-order valence-electron chi connectivity index (χ0n) is 15.9. The van der Waals surface area contributed by atoms with Crippen LogP contribution in [0, 0.1) is 0 Å². The third-order valence-electron chi connectivity index (χ3n) is 4.80. The Morgan fingerprint density at radius 3 is 2.52 bits per heavy atom. The predicted molar refractivity (Wildman–Crippen MR) is 107 cm³/mol. The van der Waals surface area contributed by atoms with Crippen LogP contribution in [0.2, 0.25) is 0 Å². The first-order chi connectivity index (χ1) is 14.0. The molecule has 0 radical (unpaired) electrons. The summed E-state index contributed by atoms with van der Waals surface area (Å²) in [6.45, 7) is 2.02. The summed E-state index contributed by atoms with van der Waals surface area (Å²) in [7, 11) is -3.54. The molecule has 9 heteroatoms. The molecule has 2 aromatic rings. The third-order valence-corrected chi connectivity index (χ3v) is 6.55. The van der Waals surface area contributed by atoms with E-state index in [1.165, 1.54) is 4.31 Å². The first-order valence-electron chi connectivity index (χ1n) is 9.40. The van der Waals surface area contributed by atoms with Gasteiger partial charge in [-0.05, 0) is 31.2 Å². The molecule has 2 aliphatic heterocycles. The molecule has 8 nitrogen and oxygen atoms in total. The second-order valence-electron chi connectivity index (χ2n) is 6.75. The summed E-state index contributed by atoms with van der Waals surface area (Å²) in [6, 6.07) is 14.1. The fourth-order valence-corrected chi connectivity index (χ4v) is 4.37. The van der Waals surface area contributed by atoms with Crippen LogP contribution in [0.25, 0.3) is 0 Å². The summed E-state index contributed by atoms with van der Waals surface area (Å²) in [6.07, 6.45) is -1.30. The third kappa shape index (κ3) is 3.95. The molecule has 0 aliphatic carbocycles. The molecule has 2 aromatic carbocycles. The van der Waals surface area contributed by atoms with Crippen molar-refractivity contribution in [1.82, 2.24) is 5.32 Å². The average molecular weight is 418 g/mol. The number of nitrogens with zero attached hydrogens (tertiary/aromatic N) is 1. The van der Waals surface area contributed by atoms with Crippen molar-refractivity contribution >= 4 is 21.6 Å². The van der Waals surface area contributed by atoms with Crippen LogP contribution in [0.1, 0.15) is 6.92 Å². The van der Waals surface area contributed by atoms with E-state index >= 15 is 0 Å². The first-order valence-corrected chi connectivity index (χ1v) is 11.0. The van der Waals surface area contributed by atoms with Crippen LogP contribution in [0.4, 0.5) is 5.69 Å². The lowest BCUT2D eigenvalue weighted by Crippen LogP contribution is -2.52. The van der Waals surface area contributed by atoms with Crippen molar-refractivity contribution in [2.75, 3.05) is 29.8 Å².